The van der Waals surface area contributed by atoms with Gasteiger partial charge >= 0.3 is 0 Å². The molecule has 7 nitrogen and oxygen atoms in total. The van der Waals surface area contributed by atoms with Crippen molar-refractivity contribution in [3.63, 3.8) is 0 Å². The monoisotopic (exact) mass is 427 g/mol. The first kappa shape index (κ1) is 20.1. The zero-order chi connectivity index (χ0) is 21.0. The second kappa shape index (κ2) is 8.61. The molecule has 1 aromatic heterocycles. The molecule has 3 rings (SSSR count). The van der Waals surface area contributed by atoms with E-state index in [0.717, 1.165) is 0 Å². The van der Waals surface area contributed by atoms with E-state index in [0.29, 0.717) is 11.3 Å². The SMILES string of the molecule is N#C/C(=C\c1ccc(-c2cccc([N+](=O)[O-])c2)o1)C(=O)Nc1cccc(Cl)c1Cl. The van der Waals surface area contributed by atoms with Crippen LogP contribution in [0.1, 0.15) is 5.76 Å². The zero-order valence-electron chi connectivity index (χ0n) is 14.6. The summed E-state index contributed by atoms with van der Waals surface area (Å²) in [7, 11) is 0. The van der Waals surface area contributed by atoms with E-state index in [-0.39, 0.29) is 32.8 Å². The smallest absolute Gasteiger partial charge is 0.270 e. The Balaban J connectivity index is 1.84. The summed E-state index contributed by atoms with van der Waals surface area (Å²) in [5, 5.41) is 23.2. The standard InChI is InChI=1S/C20H11Cl2N3O4/c21-16-5-2-6-17(19(16)22)24-20(26)13(11-23)10-15-7-8-18(29-15)12-3-1-4-14(9-12)25(27)28/h1-10H,(H,24,26)/b13-10+. The maximum absolute atomic E-state index is 12.4. The van der Waals surface area contributed by atoms with Crippen LogP contribution in [-0.4, -0.2) is 10.8 Å². The molecule has 1 N–H and O–H groups in total. The van der Waals surface area contributed by atoms with E-state index in [1.54, 1.807) is 42.5 Å². The molecule has 1 amide bonds. The highest BCUT2D eigenvalue weighted by atomic mass is 35.5. The maximum Gasteiger partial charge on any atom is 0.270 e. The topological polar surface area (TPSA) is 109 Å². The fourth-order valence-electron chi connectivity index (χ4n) is 2.44. The van der Waals surface area contributed by atoms with Gasteiger partial charge in [0.1, 0.15) is 23.2 Å². The Morgan fingerprint density at radius 1 is 1.17 bits per heavy atom. The Kier molecular flexibility index (Phi) is 5.98. The number of benzene rings is 2. The molecule has 0 saturated heterocycles. The number of nitriles is 1. The Hall–Kier alpha value is -3.60. The summed E-state index contributed by atoms with van der Waals surface area (Å²) < 4.78 is 5.60. The number of hydrogen-bond acceptors (Lipinski definition) is 5. The number of amides is 1. The van der Waals surface area contributed by atoms with Gasteiger partial charge in [-0.25, -0.2) is 0 Å². The molecular formula is C20H11Cl2N3O4. The zero-order valence-corrected chi connectivity index (χ0v) is 16.1. The van der Waals surface area contributed by atoms with Crippen molar-refractivity contribution in [3.8, 4) is 17.4 Å². The molecule has 0 saturated carbocycles. The molecule has 1 heterocycles. The van der Waals surface area contributed by atoms with E-state index in [2.05, 4.69) is 5.32 Å². The Morgan fingerprint density at radius 3 is 2.66 bits per heavy atom. The Labute approximate surface area is 174 Å². The number of anilines is 1. The summed E-state index contributed by atoms with van der Waals surface area (Å²) >= 11 is 11.9. The minimum atomic E-state index is -0.690. The lowest BCUT2D eigenvalue weighted by atomic mass is 10.1. The van der Waals surface area contributed by atoms with Crippen molar-refractivity contribution in [2.24, 2.45) is 0 Å². The van der Waals surface area contributed by atoms with Gasteiger partial charge in [0.2, 0.25) is 0 Å². The quantitative estimate of drug-likeness (QED) is 0.242. The minimum Gasteiger partial charge on any atom is -0.457 e. The predicted octanol–water partition coefficient (Wildman–Crippen LogP) is 5.71. The van der Waals surface area contributed by atoms with Crippen LogP contribution in [0.2, 0.25) is 10.0 Å². The van der Waals surface area contributed by atoms with Crippen molar-refractivity contribution < 1.29 is 14.1 Å². The third-order valence-corrected chi connectivity index (χ3v) is 4.64. The van der Waals surface area contributed by atoms with Gasteiger partial charge in [0.25, 0.3) is 11.6 Å². The van der Waals surface area contributed by atoms with Gasteiger partial charge in [-0.3, -0.25) is 14.9 Å². The highest BCUT2D eigenvalue weighted by molar-refractivity contribution is 6.44. The normalized spacial score (nSPS) is 11.0. The van der Waals surface area contributed by atoms with Gasteiger partial charge in [0.15, 0.2) is 0 Å². The van der Waals surface area contributed by atoms with E-state index in [1.807, 2.05) is 0 Å². The number of nitro benzene ring substituents is 1. The first-order chi connectivity index (χ1) is 13.9. The fraction of sp³-hybridized carbons (Fsp3) is 0. The number of nitro groups is 1. The molecule has 0 bridgehead atoms. The van der Waals surface area contributed by atoms with Gasteiger partial charge in [-0.05, 0) is 24.3 Å². The number of hydrogen-bond donors (Lipinski definition) is 1. The number of carbonyl (C=O) groups is 1. The molecule has 0 spiro atoms. The molecule has 9 heteroatoms. The molecule has 0 fully saturated rings. The number of halogens is 2. The second-order valence-electron chi connectivity index (χ2n) is 5.73. The average molecular weight is 428 g/mol. The fourth-order valence-corrected chi connectivity index (χ4v) is 2.79. The van der Waals surface area contributed by atoms with Gasteiger partial charge in [-0.15, -0.1) is 0 Å². The third kappa shape index (κ3) is 4.63. The summed E-state index contributed by atoms with van der Waals surface area (Å²) in [6, 6.07) is 15.6. The lowest BCUT2D eigenvalue weighted by Crippen LogP contribution is -2.13. The lowest BCUT2D eigenvalue weighted by molar-refractivity contribution is -0.384. The van der Waals surface area contributed by atoms with Crippen molar-refractivity contribution in [2.45, 2.75) is 0 Å². The second-order valence-corrected chi connectivity index (χ2v) is 6.52. The van der Waals surface area contributed by atoms with Crippen molar-refractivity contribution in [3.05, 3.63) is 86.1 Å². The summed E-state index contributed by atoms with van der Waals surface area (Å²) in [6.45, 7) is 0. The molecule has 0 aliphatic carbocycles. The molecule has 2 aromatic carbocycles. The first-order valence-corrected chi connectivity index (χ1v) is 8.86. The van der Waals surface area contributed by atoms with Gasteiger partial charge in [-0.1, -0.05) is 41.4 Å². The van der Waals surface area contributed by atoms with E-state index in [4.69, 9.17) is 27.6 Å². The minimum absolute atomic E-state index is 0.0773. The van der Waals surface area contributed by atoms with Crippen LogP contribution in [0.15, 0.2) is 64.6 Å². The van der Waals surface area contributed by atoms with Gasteiger partial charge in [0, 0.05) is 23.8 Å². The summed E-state index contributed by atoms with van der Waals surface area (Å²) in [6.07, 6.45) is 1.26. The van der Waals surface area contributed by atoms with Crippen LogP contribution in [0.4, 0.5) is 11.4 Å². The van der Waals surface area contributed by atoms with Crippen molar-refractivity contribution in [1.82, 2.24) is 0 Å². The van der Waals surface area contributed by atoms with Crippen LogP contribution in [0.5, 0.6) is 0 Å². The van der Waals surface area contributed by atoms with E-state index >= 15 is 0 Å². The average Bonchev–Trinajstić information content (AvgIpc) is 3.18. The molecule has 3 aromatic rings. The molecule has 144 valence electrons. The van der Waals surface area contributed by atoms with Gasteiger partial charge < -0.3 is 9.73 Å². The van der Waals surface area contributed by atoms with Gasteiger partial charge in [0.05, 0.1) is 20.7 Å². The van der Waals surface area contributed by atoms with Crippen LogP contribution < -0.4 is 5.32 Å². The molecule has 0 unspecified atom stereocenters. The first-order valence-electron chi connectivity index (χ1n) is 8.11. The molecule has 0 aliphatic heterocycles. The summed E-state index contributed by atoms with van der Waals surface area (Å²) in [5.74, 6) is -0.101. The highest BCUT2D eigenvalue weighted by Crippen LogP contribution is 2.30. The van der Waals surface area contributed by atoms with E-state index in [1.165, 1.54) is 24.3 Å². The number of nitrogens with zero attached hydrogens (tertiary/aromatic N) is 2. The van der Waals surface area contributed by atoms with E-state index < -0.39 is 10.8 Å². The van der Waals surface area contributed by atoms with Crippen LogP contribution >= 0.6 is 23.2 Å². The molecule has 0 aliphatic rings. The summed E-state index contributed by atoms with van der Waals surface area (Å²) in [4.78, 5) is 22.8. The summed E-state index contributed by atoms with van der Waals surface area (Å²) in [5.41, 5.74) is 0.460. The van der Waals surface area contributed by atoms with Crippen LogP contribution in [0.3, 0.4) is 0 Å². The maximum atomic E-state index is 12.4. The van der Waals surface area contributed by atoms with E-state index in [9.17, 15) is 20.2 Å². The number of rotatable bonds is 5. The predicted molar refractivity (Wildman–Crippen MR) is 109 cm³/mol. The number of non-ortho nitro benzene ring substituents is 1. The molecule has 0 radical (unpaired) electrons. The Bertz CT molecular complexity index is 1180. The highest BCUT2D eigenvalue weighted by Gasteiger charge is 2.15. The lowest BCUT2D eigenvalue weighted by Gasteiger charge is -2.07. The van der Waals surface area contributed by atoms with Gasteiger partial charge in [-0.2, -0.15) is 5.26 Å². The van der Waals surface area contributed by atoms with Crippen LogP contribution in [0.25, 0.3) is 17.4 Å². The van der Waals surface area contributed by atoms with Crippen molar-refractivity contribution >= 4 is 46.6 Å². The molecule has 0 atom stereocenters. The Morgan fingerprint density at radius 2 is 1.93 bits per heavy atom. The van der Waals surface area contributed by atoms with Crippen LogP contribution in [-0.2, 0) is 4.79 Å². The number of carbonyl (C=O) groups excluding carboxylic acids is 1. The number of furan rings is 1. The molecule has 29 heavy (non-hydrogen) atoms. The molecular weight excluding hydrogens is 417 g/mol. The van der Waals surface area contributed by atoms with Crippen LogP contribution in [0, 0.1) is 21.4 Å². The largest absolute Gasteiger partial charge is 0.457 e. The third-order valence-electron chi connectivity index (χ3n) is 3.82. The van der Waals surface area contributed by atoms with Crippen molar-refractivity contribution in [2.75, 3.05) is 5.32 Å². The number of nitrogens with one attached hydrogen (secondary N) is 1. The van der Waals surface area contributed by atoms with Crippen molar-refractivity contribution in [1.29, 1.82) is 5.26 Å².